The molecule has 1 fully saturated rings. The van der Waals surface area contributed by atoms with Crippen LogP contribution in [0.3, 0.4) is 0 Å². The van der Waals surface area contributed by atoms with Crippen LogP contribution in [0, 0.1) is 0 Å². The SMILES string of the molecule is COC(=O)c1c(C2CC2)[nH]c2c1C(=O)C(OC)=C(C)C2=O. The number of carbonyl (C=O) groups is 3. The summed E-state index contributed by atoms with van der Waals surface area (Å²) in [6.07, 6.45) is 1.85. The second kappa shape index (κ2) is 4.58. The number of ether oxygens (including phenoxy) is 2. The van der Waals surface area contributed by atoms with Gasteiger partial charge in [0, 0.05) is 11.3 Å². The number of H-pyrrole nitrogens is 1. The molecule has 0 bridgehead atoms. The zero-order valence-corrected chi connectivity index (χ0v) is 12.0. The fourth-order valence-corrected chi connectivity index (χ4v) is 2.73. The molecular weight excluding hydrogens is 274 g/mol. The summed E-state index contributed by atoms with van der Waals surface area (Å²) in [6, 6.07) is 0. The summed E-state index contributed by atoms with van der Waals surface area (Å²) in [5.41, 5.74) is 1.29. The molecule has 2 aliphatic carbocycles. The number of aromatic nitrogens is 1. The Morgan fingerprint density at radius 2 is 1.86 bits per heavy atom. The average Bonchev–Trinajstić information content (AvgIpc) is 3.24. The van der Waals surface area contributed by atoms with Crippen molar-refractivity contribution >= 4 is 17.5 Å². The first-order valence-corrected chi connectivity index (χ1v) is 6.69. The monoisotopic (exact) mass is 289 g/mol. The summed E-state index contributed by atoms with van der Waals surface area (Å²) in [6.45, 7) is 1.54. The van der Waals surface area contributed by atoms with Gasteiger partial charge in [-0.05, 0) is 25.7 Å². The number of hydrogen-bond acceptors (Lipinski definition) is 5. The molecule has 1 aromatic rings. The Morgan fingerprint density at radius 1 is 1.19 bits per heavy atom. The zero-order chi connectivity index (χ0) is 15.3. The Kier molecular flexibility index (Phi) is 2.97. The zero-order valence-electron chi connectivity index (χ0n) is 12.0. The molecule has 6 heteroatoms. The number of rotatable bonds is 3. The molecule has 0 spiro atoms. The van der Waals surface area contributed by atoms with Crippen molar-refractivity contribution < 1.29 is 23.9 Å². The molecule has 110 valence electrons. The van der Waals surface area contributed by atoms with Gasteiger partial charge in [-0.2, -0.15) is 0 Å². The smallest absolute Gasteiger partial charge is 0.340 e. The molecule has 1 saturated carbocycles. The van der Waals surface area contributed by atoms with E-state index in [0.717, 1.165) is 12.8 Å². The first-order chi connectivity index (χ1) is 10.0. The lowest BCUT2D eigenvalue weighted by atomic mass is 9.91. The van der Waals surface area contributed by atoms with Gasteiger partial charge in [0.25, 0.3) is 0 Å². The van der Waals surface area contributed by atoms with E-state index in [1.165, 1.54) is 21.1 Å². The molecule has 0 unspecified atom stereocenters. The van der Waals surface area contributed by atoms with Crippen LogP contribution in [0.25, 0.3) is 0 Å². The number of fused-ring (bicyclic) bond motifs is 1. The van der Waals surface area contributed by atoms with E-state index in [9.17, 15) is 14.4 Å². The van der Waals surface area contributed by atoms with Crippen molar-refractivity contribution in [2.75, 3.05) is 14.2 Å². The van der Waals surface area contributed by atoms with Gasteiger partial charge < -0.3 is 14.5 Å². The first kappa shape index (κ1) is 13.6. The lowest BCUT2D eigenvalue weighted by Gasteiger charge is -2.15. The quantitative estimate of drug-likeness (QED) is 0.860. The lowest BCUT2D eigenvalue weighted by Crippen LogP contribution is -2.23. The predicted molar refractivity (Wildman–Crippen MR) is 72.5 cm³/mol. The molecule has 6 nitrogen and oxygen atoms in total. The molecule has 1 heterocycles. The highest BCUT2D eigenvalue weighted by Gasteiger charge is 2.41. The number of hydrogen-bond donors (Lipinski definition) is 1. The molecule has 3 rings (SSSR count). The van der Waals surface area contributed by atoms with E-state index in [2.05, 4.69) is 4.98 Å². The Hall–Kier alpha value is -2.37. The van der Waals surface area contributed by atoms with Crippen molar-refractivity contribution in [2.45, 2.75) is 25.7 Å². The maximum Gasteiger partial charge on any atom is 0.340 e. The van der Waals surface area contributed by atoms with Crippen molar-refractivity contribution in [1.29, 1.82) is 0 Å². The highest BCUT2D eigenvalue weighted by atomic mass is 16.5. The molecule has 2 aliphatic rings. The number of ketones is 2. The fourth-order valence-electron chi connectivity index (χ4n) is 2.73. The summed E-state index contributed by atoms with van der Waals surface area (Å²) < 4.78 is 9.82. The van der Waals surface area contributed by atoms with Crippen LogP contribution in [0.1, 0.15) is 62.6 Å². The second-order valence-corrected chi connectivity index (χ2v) is 5.25. The van der Waals surface area contributed by atoms with Gasteiger partial charge in [0.1, 0.15) is 0 Å². The van der Waals surface area contributed by atoms with Crippen LogP contribution in [0.4, 0.5) is 0 Å². The van der Waals surface area contributed by atoms with E-state index in [1.54, 1.807) is 0 Å². The van der Waals surface area contributed by atoms with Crippen LogP contribution >= 0.6 is 0 Å². The standard InChI is InChI=1S/C15H15NO5/c1-6-12(17)11-8(13(18)14(6)20-2)9(15(19)21-3)10(16-11)7-4-5-7/h7,16H,4-5H2,1-3H3. The third kappa shape index (κ3) is 1.82. The fraction of sp³-hybridized carbons (Fsp3) is 0.400. The van der Waals surface area contributed by atoms with Crippen molar-refractivity contribution in [2.24, 2.45) is 0 Å². The van der Waals surface area contributed by atoms with E-state index in [0.29, 0.717) is 5.69 Å². The van der Waals surface area contributed by atoms with E-state index >= 15 is 0 Å². The number of carbonyl (C=O) groups excluding carboxylic acids is 3. The van der Waals surface area contributed by atoms with E-state index in [4.69, 9.17) is 9.47 Å². The third-order valence-electron chi connectivity index (χ3n) is 3.95. The van der Waals surface area contributed by atoms with E-state index in [1.807, 2.05) is 0 Å². The maximum atomic E-state index is 12.5. The Balaban J connectivity index is 2.26. The number of aromatic amines is 1. The van der Waals surface area contributed by atoms with Crippen LogP contribution in [-0.4, -0.2) is 36.7 Å². The number of methoxy groups -OCH3 is 2. The van der Waals surface area contributed by atoms with Gasteiger partial charge in [0.15, 0.2) is 5.76 Å². The topological polar surface area (TPSA) is 85.5 Å². The van der Waals surface area contributed by atoms with Gasteiger partial charge in [-0.15, -0.1) is 0 Å². The molecule has 0 radical (unpaired) electrons. The summed E-state index contributed by atoms with van der Waals surface area (Å²) in [5.74, 6) is -1.21. The summed E-state index contributed by atoms with van der Waals surface area (Å²) in [7, 11) is 2.59. The average molecular weight is 289 g/mol. The van der Waals surface area contributed by atoms with Gasteiger partial charge in [0.05, 0.1) is 31.0 Å². The van der Waals surface area contributed by atoms with Crippen molar-refractivity contribution in [1.82, 2.24) is 4.98 Å². The molecule has 0 amide bonds. The third-order valence-corrected chi connectivity index (χ3v) is 3.95. The summed E-state index contributed by atoms with van der Waals surface area (Å²) in [5, 5.41) is 0. The largest absolute Gasteiger partial charge is 0.492 e. The summed E-state index contributed by atoms with van der Waals surface area (Å²) in [4.78, 5) is 40.0. The van der Waals surface area contributed by atoms with Gasteiger partial charge in [-0.3, -0.25) is 9.59 Å². The number of Topliss-reactive ketones (excluding diaryl/α,β-unsaturated/α-hetero) is 2. The molecule has 1 N–H and O–H groups in total. The summed E-state index contributed by atoms with van der Waals surface area (Å²) >= 11 is 0. The number of esters is 1. The molecule has 21 heavy (non-hydrogen) atoms. The van der Waals surface area contributed by atoms with Crippen LogP contribution in [0.2, 0.25) is 0 Å². The predicted octanol–water partition coefficient (Wildman–Crippen LogP) is 1.98. The van der Waals surface area contributed by atoms with Crippen molar-refractivity contribution in [3.63, 3.8) is 0 Å². The minimum atomic E-state index is -0.606. The van der Waals surface area contributed by atoms with E-state index < -0.39 is 11.8 Å². The molecular formula is C15H15NO5. The molecule has 0 aromatic carbocycles. The van der Waals surface area contributed by atoms with Crippen molar-refractivity contribution in [3.05, 3.63) is 33.8 Å². The minimum Gasteiger partial charge on any atom is -0.492 e. The molecule has 0 aliphatic heterocycles. The van der Waals surface area contributed by atoms with Crippen LogP contribution in [0.15, 0.2) is 11.3 Å². The van der Waals surface area contributed by atoms with Crippen LogP contribution < -0.4 is 0 Å². The molecule has 0 saturated heterocycles. The van der Waals surface area contributed by atoms with Crippen LogP contribution in [0.5, 0.6) is 0 Å². The Morgan fingerprint density at radius 3 is 2.38 bits per heavy atom. The van der Waals surface area contributed by atoms with Gasteiger partial charge in [-0.1, -0.05) is 0 Å². The number of nitrogens with one attached hydrogen (secondary N) is 1. The van der Waals surface area contributed by atoms with Gasteiger partial charge >= 0.3 is 5.97 Å². The van der Waals surface area contributed by atoms with Gasteiger partial charge in [0.2, 0.25) is 11.6 Å². The second-order valence-electron chi connectivity index (χ2n) is 5.25. The maximum absolute atomic E-state index is 12.5. The van der Waals surface area contributed by atoms with Gasteiger partial charge in [-0.25, -0.2) is 4.79 Å². The highest BCUT2D eigenvalue weighted by Crippen LogP contribution is 2.44. The normalized spacial score (nSPS) is 17.9. The van der Waals surface area contributed by atoms with Crippen molar-refractivity contribution in [3.8, 4) is 0 Å². The van der Waals surface area contributed by atoms with E-state index in [-0.39, 0.29) is 39.9 Å². The highest BCUT2D eigenvalue weighted by molar-refractivity contribution is 6.28. The lowest BCUT2D eigenvalue weighted by molar-refractivity contribution is 0.0595. The Bertz CT molecular complexity index is 706. The Labute approximate surface area is 121 Å². The van der Waals surface area contributed by atoms with Crippen LogP contribution in [-0.2, 0) is 9.47 Å². The molecule has 1 aromatic heterocycles. The first-order valence-electron chi connectivity index (χ1n) is 6.69. The molecule has 0 atom stereocenters. The number of allylic oxidation sites excluding steroid dienone is 2. The minimum absolute atomic E-state index is 0.0148.